The second-order valence-electron chi connectivity index (χ2n) is 5.47. The van der Waals surface area contributed by atoms with Gasteiger partial charge in [-0.05, 0) is 12.1 Å². The SMILES string of the molecule is O=C(CCc1noc(-c2ccccc2)n1)Nc1c(F)cc(F)cc1[N+](=O)[O-]. The summed E-state index contributed by atoms with van der Waals surface area (Å²) in [4.78, 5) is 26.1. The number of benzene rings is 2. The Balaban J connectivity index is 1.66. The number of aryl methyl sites for hydroxylation is 1. The van der Waals surface area contributed by atoms with Gasteiger partial charge in [0.25, 0.3) is 11.6 Å². The zero-order valence-corrected chi connectivity index (χ0v) is 13.7. The van der Waals surface area contributed by atoms with Crippen LogP contribution in [-0.4, -0.2) is 21.0 Å². The minimum absolute atomic E-state index is 0.0682. The molecule has 0 aliphatic heterocycles. The summed E-state index contributed by atoms with van der Waals surface area (Å²) in [5.74, 6) is -2.53. The van der Waals surface area contributed by atoms with Crippen LogP contribution in [0.1, 0.15) is 12.2 Å². The van der Waals surface area contributed by atoms with E-state index in [0.29, 0.717) is 17.7 Å². The number of hydrogen-bond acceptors (Lipinski definition) is 6. The molecule has 1 N–H and O–H groups in total. The molecular weight excluding hydrogens is 362 g/mol. The highest BCUT2D eigenvalue weighted by molar-refractivity contribution is 5.93. The van der Waals surface area contributed by atoms with Crippen LogP contribution in [0.3, 0.4) is 0 Å². The van der Waals surface area contributed by atoms with Gasteiger partial charge in [0.15, 0.2) is 17.3 Å². The number of nitro benzene ring substituents is 1. The van der Waals surface area contributed by atoms with Crippen molar-refractivity contribution in [3.63, 3.8) is 0 Å². The van der Waals surface area contributed by atoms with Crippen molar-refractivity contribution in [1.29, 1.82) is 0 Å². The fraction of sp³-hybridized carbons (Fsp3) is 0.118. The average molecular weight is 374 g/mol. The molecule has 0 bridgehead atoms. The Hall–Kier alpha value is -3.69. The summed E-state index contributed by atoms with van der Waals surface area (Å²) in [5, 5.41) is 16.7. The third-order valence-electron chi connectivity index (χ3n) is 3.56. The third kappa shape index (κ3) is 4.29. The van der Waals surface area contributed by atoms with E-state index in [0.717, 1.165) is 0 Å². The molecule has 0 radical (unpaired) electrons. The van der Waals surface area contributed by atoms with E-state index in [-0.39, 0.29) is 24.6 Å². The van der Waals surface area contributed by atoms with E-state index < -0.39 is 33.8 Å². The van der Waals surface area contributed by atoms with Gasteiger partial charge >= 0.3 is 0 Å². The molecule has 8 nitrogen and oxygen atoms in total. The van der Waals surface area contributed by atoms with Crippen molar-refractivity contribution < 1.29 is 23.0 Å². The molecule has 10 heteroatoms. The number of aromatic nitrogens is 2. The molecule has 1 heterocycles. The molecule has 0 saturated carbocycles. The highest BCUT2D eigenvalue weighted by atomic mass is 19.1. The van der Waals surface area contributed by atoms with Gasteiger partial charge in [-0.2, -0.15) is 4.98 Å². The predicted octanol–water partition coefficient (Wildman–Crippen LogP) is 3.49. The van der Waals surface area contributed by atoms with Crippen molar-refractivity contribution in [1.82, 2.24) is 10.1 Å². The number of anilines is 1. The van der Waals surface area contributed by atoms with Crippen LogP contribution < -0.4 is 5.32 Å². The highest BCUT2D eigenvalue weighted by Crippen LogP contribution is 2.28. The molecule has 27 heavy (non-hydrogen) atoms. The van der Waals surface area contributed by atoms with E-state index in [9.17, 15) is 23.7 Å². The van der Waals surface area contributed by atoms with E-state index in [1.165, 1.54) is 0 Å². The second kappa shape index (κ2) is 7.68. The maximum Gasteiger partial charge on any atom is 0.298 e. The van der Waals surface area contributed by atoms with Crippen molar-refractivity contribution in [2.45, 2.75) is 12.8 Å². The number of nitrogens with one attached hydrogen (secondary N) is 1. The van der Waals surface area contributed by atoms with Crippen molar-refractivity contribution in [3.8, 4) is 11.5 Å². The van der Waals surface area contributed by atoms with Crippen molar-refractivity contribution >= 4 is 17.3 Å². The molecule has 1 aromatic heterocycles. The van der Waals surface area contributed by atoms with Gasteiger partial charge in [-0.1, -0.05) is 23.4 Å². The summed E-state index contributed by atoms with van der Waals surface area (Å²) >= 11 is 0. The smallest absolute Gasteiger partial charge is 0.298 e. The summed E-state index contributed by atoms with van der Waals surface area (Å²) in [6.45, 7) is 0. The minimum atomic E-state index is -1.24. The number of halogens is 2. The number of hydrogen-bond donors (Lipinski definition) is 1. The Morgan fingerprint density at radius 1 is 1.22 bits per heavy atom. The number of nitro groups is 1. The highest BCUT2D eigenvalue weighted by Gasteiger charge is 2.22. The lowest BCUT2D eigenvalue weighted by atomic mass is 10.2. The number of nitrogens with zero attached hydrogens (tertiary/aromatic N) is 3. The predicted molar refractivity (Wildman–Crippen MR) is 89.7 cm³/mol. The lowest BCUT2D eigenvalue weighted by Gasteiger charge is -2.06. The van der Waals surface area contributed by atoms with Crippen LogP contribution >= 0.6 is 0 Å². The molecule has 1 amide bonds. The third-order valence-corrected chi connectivity index (χ3v) is 3.56. The van der Waals surface area contributed by atoms with Crippen LogP contribution in [0.15, 0.2) is 47.0 Å². The van der Waals surface area contributed by atoms with E-state index in [1.54, 1.807) is 24.3 Å². The number of amides is 1. The van der Waals surface area contributed by atoms with Crippen molar-refractivity contribution in [2.75, 3.05) is 5.32 Å². The summed E-state index contributed by atoms with van der Waals surface area (Å²) in [6.07, 6.45) is -0.111. The fourth-order valence-electron chi connectivity index (χ4n) is 2.31. The first-order valence-corrected chi connectivity index (χ1v) is 7.75. The van der Waals surface area contributed by atoms with E-state index >= 15 is 0 Å². The van der Waals surface area contributed by atoms with Crippen LogP contribution in [0, 0.1) is 21.7 Å². The summed E-state index contributed by atoms with van der Waals surface area (Å²) in [5.41, 5.74) is -0.846. The second-order valence-corrected chi connectivity index (χ2v) is 5.47. The molecule has 0 spiro atoms. The van der Waals surface area contributed by atoms with Gasteiger partial charge in [0.05, 0.1) is 11.0 Å². The standard InChI is InChI=1S/C17H12F2N4O4/c18-11-8-12(19)16(13(9-11)23(25)26)21-15(24)7-6-14-20-17(27-22-14)10-4-2-1-3-5-10/h1-5,8-9H,6-7H2,(H,21,24). The van der Waals surface area contributed by atoms with Crippen LogP contribution in [0.5, 0.6) is 0 Å². The van der Waals surface area contributed by atoms with E-state index in [4.69, 9.17) is 4.52 Å². The van der Waals surface area contributed by atoms with Gasteiger partial charge < -0.3 is 9.84 Å². The fourth-order valence-corrected chi connectivity index (χ4v) is 2.31. The molecule has 2 aromatic carbocycles. The zero-order valence-electron chi connectivity index (χ0n) is 13.7. The topological polar surface area (TPSA) is 111 Å². The Labute approximate surface area is 151 Å². The first-order chi connectivity index (χ1) is 12.9. The van der Waals surface area contributed by atoms with Gasteiger partial charge in [-0.3, -0.25) is 14.9 Å². The van der Waals surface area contributed by atoms with Crippen molar-refractivity contribution in [2.24, 2.45) is 0 Å². The summed E-state index contributed by atoms with van der Waals surface area (Å²) in [6, 6.07) is 9.98. The number of carbonyl (C=O) groups is 1. The molecule has 138 valence electrons. The monoisotopic (exact) mass is 374 g/mol. The van der Waals surface area contributed by atoms with Gasteiger partial charge in [0.2, 0.25) is 5.91 Å². The molecule has 0 fully saturated rings. The largest absolute Gasteiger partial charge is 0.334 e. The summed E-state index contributed by atoms with van der Waals surface area (Å²) < 4.78 is 32.0. The molecule has 3 rings (SSSR count). The maximum absolute atomic E-state index is 13.8. The lowest BCUT2D eigenvalue weighted by Crippen LogP contribution is -2.15. The number of carbonyl (C=O) groups excluding carboxylic acids is 1. The van der Waals surface area contributed by atoms with Crippen LogP contribution in [0.25, 0.3) is 11.5 Å². The van der Waals surface area contributed by atoms with Crippen LogP contribution in [0.2, 0.25) is 0 Å². The lowest BCUT2D eigenvalue weighted by molar-refractivity contribution is -0.384. The molecule has 0 unspecified atom stereocenters. The normalized spacial score (nSPS) is 10.6. The molecule has 3 aromatic rings. The maximum atomic E-state index is 13.8. The quantitative estimate of drug-likeness (QED) is 0.522. The molecule has 0 aliphatic carbocycles. The number of rotatable bonds is 6. The molecule has 0 saturated heterocycles. The zero-order chi connectivity index (χ0) is 19.4. The van der Waals surface area contributed by atoms with Gasteiger partial charge in [-0.25, -0.2) is 8.78 Å². The minimum Gasteiger partial charge on any atom is -0.334 e. The van der Waals surface area contributed by atoms with Crippen LogP contribution in [-0.2, 0) is 11.2 Å². The van der Waals surface area contributed by atoms with Gasteiger partial charge in [-0.15, -0.1) is 0 Å². The Morgan fingerprint density at radius 3 is 2.67 bits per heavy atom. The molecular formula is C17H12F2N4O4. The first-order valence-electron chi connectivity index (χ1n) is 7.75. The Bertz CT molecular complexity index is 992. The van der Waals surface area contributed by atoms with Crippen LogP contribution in [0.4, 0.5) is 20.2 Å². The Kier molecular flexibility index (Phi) is 5.15. The van der Waals surface area contributed by atoms with Crippen molar-refractivity contribution in [3.05, 3.63) is 70.0 Å². The summed E-state index contributed by atoms with van der Waals surface area (Å²) in [7, 11) is 0. The first kappa shape index (κ1) is 18.1. The van der Waals surface area contributed by atoms with Gasteiger partial charge in [0, 0.05) is 24.5 Å². The average Bonchev–Trinajstić information content (AvgIpc) is 3.11. The van der Waals surface area contributed by atoms with Gasteiger partial charge in [0.1, 0.15) is 5.82 Å². The Morgan fingerprint density at radius 2 is 1.96 bits per heavy atom. The molecule has 0 atom stereocenters. The van der Waals surface area contributed by atoms with E-state index in [1.807, 2.05) is 6.07 Å². The molecule has 0 aliphatic rings. The van der Waals surface area contributed by atoms with E-state index in [2.05, 4.69) is 15.5 Å².